The molecule has 0 saturated carbocycles. The normalized spacial score (nSPS) is 16.1. The van der Waals surface area contributed by atoms with Crippen LogP contribution in [0.2, 0.25) is 0 Å². The molecular formula is C24H31N3O4S. The summed E-state index contributed by atoms with van der Waals surface area (Å²) in [5, 5.41) is 2.86. The number of nitrogens with zero attached hydrogens (tertiary/aromatic N) is 2. The average molecular weight is 458 g/mol. The van der Waals surface area contributed by atoms with Crippen molar-refractivity contribution in [2.45, 2.75) is 32.6 Å². The fourth-order valence-electron chi connectivity index (χ4n) is 3.70. The van der Waals surface area contributed by atoms with Gasteiger partial charge in [-0.05, 0) is 30.5 Å². The predicted molar refractivity (Wildman–Crippen MR) is 124 cm³/mol. The summed E-state index contributed by atoms with van der Waals surface area (Å²) in [5.41, 5.74) is 2.30. The van der Waals surface area contributed by atoms with Gasteiger partial charge in [0.05, 0.1) is 5.75 Å². The topological polar surface area (TPSA) is 86.8 Å². The highest BCUT2D eigenvalue weighted by Gasteiger charge is 2.33. The summed E-state index contributed by atoms with van der Waals surface area (Å²) >= 11 is 0. The Bertz CT molecular complexity index is 1030. The van der Waals surface area contributed by atoms with Crippen LogP contribution in [0.25, 0.3) is 0 Å². The molecule has 172 valence electrons. The molecule has 7 nitrogen and oxygen atoms in total. The second-order valence-corrected chi connectivity index (χ2v) is 10.5. The van der Waals surface area contributed by atoms with Gasteiger partial charge in [0.25, 0.3) is 5.91 Å². The fraction of sp³-hybridized carbons (Fsp3) is 0.417. The Balaban J connectivity index is 1.60. The van der Waals surface area contributed by atoms with Crippen molar-refractivity contribution in [1.29, 1.82) is 0 Å². The fourth-order valence-corrected chi connectivity index (χ4v) is 5.22. The number of nitrogens with one attached hydrogen (secondary N) is 1. The first-order chi connectivity index (χ1) is 15.2. The molecule has 1 saturated heterocycles. The highest BCUT2D eigenvalue weighted by molar-refractivity contribution is 7.88. The lowest BCUT2D eigenvalue weighted by molar-refractivity contribution is -0.135. The van der Waals surface area contributed by atoms with Crippen molar-refractivity contribution in [3.05, 3.63) is 71.3 Å². The number of hydrogen-bond acceptors (Lipinski definition) is 4. The molecule has 1 aliphatic rings. The van der Waals surface area contributed by atoms with Crippen molar-refractivity contribution in [3.63, 3.8) is 0 Å². The zero-order valence-electron chi connectivity index (χ0n) is 18.8. The first kappa shape index (κ1) is 23.9. The molecule has 1 heterocycles. The summed E-state index contributed by atoms with van der Waals surface area (Å²) in [5.74, 6) is -0.623. The lowest BCUT2D eigenvalue weighted by Crippen LogP contribution is -2.57. The molecule has 3 rings (SSSR count). The largest absolute Gasteiger partial charge is 0.340 e. The van der Waals surface area contributed by atoms with Crippen molar-refractivity contribution >= 4 is 21.8 Å². The van der Waals surface area contributed by atoms with Crippen LogP contribution in [-0.4, -0.2) is 61.7 Å². The van der Waals surface area contributed by atoms with Crippen molar-refractivity contribution in [2.24, 2.45) is 5.92 Å². The zero-order chi connectivity index (χ0) is 23.3. The first-order valence-corrected chi connectivity index (χ1v) is 12.5. The monoisotopic (exact) mass is 457 g/mol. The van der Waals surface area contributed by atoms with E-state index in [1.165, 1.54) is 4.31 Å². The summed E-state index contributed by atoms with van der Waals surface area (Å²) < 4.78 is 27.0. The zero-order valence-corrected chi connectivity index (χ0v) is 19.6. The maximum Gasteiger partial charge on any atom is 0.251 e. The number of carbonyl (C=O) groups is 2. The number of carbonyl (C=O) groups excluding carboxylic acids is 2. The highest BCUT2D eigenvalue weighted by Crippen LogP contribution is 2.16. The third-order valence-corrected chi connectivity index (χ3v) is 7.52. The molecule has 0 bridgehead atoms. The van der Waals surface area contributed by atoms with Crippen molar-refractivity contribution < 1.29 is 18.0 Å². The number of hydrogen-bond donors (Lipinski definition) is 1. The number of piperazine rings is 1. The first-order valence-electron chi connectivity index (χ1n) is 10.9. The van der Waals surface area contributed by atoms with Gasteiger partial charge in [0.15, 0.2) is 0 Å². The Labute approximate surface area is 190 Å². The van der Waals surface area contributed by atoms with Crippen LogP contribution in [0.1, 0.15) is 35.3 Å². The Morgan fingerprint density at radius 1 is 0.938 bits per heavy atom. The molecule has 1 fully saturated rings. The quantitative estimate of drug-likeness (QED) is 0.692. The van der Waals surface area contributed by atoms with Gasteiger partial charge in [-0.15, -0.1) is 0 Å². The lowest BCUT2D eigenvalue weighted by Gasteiger charge is -2.36. The number of benzene rings is 2. The minimum absolute atomic E-state index is 0.0526. The van der Waals surface area contributed by atoms with E-state index in [2.05, 4.69) is 5.32 Å². The van der Waals surface area contributed by atoms with Gasteiger partial charge >= 0.3 is 0 Å². The number of amides is 2. The number of aryl methyl sites for hydroxylation is 1. The van der Waals surface area contributed by atoms with Crippen LogP contribution < -0.4 is 5.32 Å². The van der Waals surface area contributed by atoms with Crippen molar-refractivity contribution in [1.82, 2.24) is 14.5 Å². The van der Waals surface area contributed by atoms with Crippen LogP contribution in [0.5, 0.6) is 0 Å². The molecule has 0 radical (unpaired) electrons. The number of rotatable bonds is 7. The van der Waals surface area contributed by atoms with Crippen LogP contribution >= 0.6 is 0 Å². The summed E-state index contributed by atoms with van der Waals surface area (Å²) in [6.07, 6.45) is 0. The van der Waals surface area contributed by atoms with E-state index >= 15 is 0 Å². The smallest absolute Gasteiger partial charge is 0.251 e. The Hall–Kier alpha value is -2.71. The summed E-state index contributed by atoms with van der Waals surface area (Å²) in [7, 11) is -3.46. The molecule has 1 aliphatic heterocycles. The van der Waals surface area contributed by atoms with Gasteiger partial charge in [-0.1, -0.05) is 61.9 Å². The molecule has 1 N–H and O–H groups in total. The van der Waals surface area contributed by atoms with E-state index in [9.17, 15) is 18.0 Å². The van der Waals surface area contributed by atoms with Crippen LogP contribution in [-0.2, 0) is 20.6 Å². The van der Waals surface area contributed by atoms with Gasteiger partial charge in [-0.25, -0.2) is 8.42 Å². The summed E-state index contributed by atoms with van der Waals surface area (Å²) in [6, 6.07) is 15.6. The predicted octanol–water partition coefficient (Wildman–Crippen LogP) is 2.42. The Kier molecular flexibility index (Phi) is 7.69. The van der Waals surface area contributed by atoms with Crippen LogP contribution in [0.4, 0.5) is 0 Å². The molecular weight excluding hydrogens is 426 g/mol. The lowest BCUT2D eigenvalue weighted by atomic mass is 10.0. The summed E-state index contributed by atoms with van der Waals surface area (Å²) in [4.78, 5) is 27.4. The van der Waals surface area contributed by atoms with E-state index in [1.54, 1.807) is 29.2 Å². The van der Waals surface area contributed by atoms with Crippen molar-refractivity contribution in [2.75, 3.05) is 26.2 Å². The van der Waals surface area contributed by atoms with Crippen LogP contribution in [0, 0.1) is 12.8 Å². The minimum Gasteiger partial charge on any atom is -0.340 e. The maximum atomic E-state index is 13.2. The molecule has 8 heteroatoms. The average Bonchev–Trinajstić information content (AvgIpc) is 2.77. The molecule has 0 aliphatic carbocycles. The van der Waals surface area contributed by atoms with Crippen LogP contribution in [0.15, 0.2) is 54.6 Å². The third kappa shape index (κ3) is 5.95. The molecule has 2 amide bonds. The summed E-state index contributed by atoms with van der Waals surface area (Å²) in [6.45, 7) is 6.82. The van der Waals surface area contributed by atoms with E-state index in [-0.39, 0.29) is 36.6 Å². The van der Waals surface area contributed by atoms with Gasteiger partial charge in [0.2, 0.25) is 15.9 Å². The van der Waals surface area contributed by atoms with Crippen LogP contribution in [0.3, 0.4) is 0 Å². The molecule has 2 aromatic carbocycles. The standard InChI is InChI=1S/C24H31N3O4S/c1-18(2)22(25-23(28)21-11-9-19(3)10-12-21)24(29)26-13-15-27(16-14-26)32(30,31)17-20-7-5-4-6-8-20/h4-12,18,22H,13-17H2,1-3H3,(H,25,28)/t22-/m0/s1. The third-order valence-electron chi connectivity index (χ3n) is 5.67. The van der Waals surface area contributed by atoms with Gasteiger partial charge in [0.1, 0.15) is 6.04 Å². The Morgan fingerprint density at radius 2 is 1.53 bits per heavy atom. The van der Waals surface area contributed by atoms with E-state index in [0.29, 0.717) is 18.7 Å². The van der Waals surface area contributed by atoms with Gasteiger partial charge in [-0.3, -0.25) is 9.59 Å². The van der Waals surface area contributed by atoms with Gasteiger partial charge < -0.3 is 10.2 Å². The van der Waals surface area contributed by atoms with Gasteiger partial charge in [0, 0.05) is 31.7 Å². The SMILES string of the molecule is Cc1ccc(C(=O)N[C@H](C(=O)N2CCN(S(=O)(=O)Cc3ccccc3)CC2)C(C)C)cc1. The molecule has 1 atom stereocenters. The van der Waals surface area contributed by atoms with E-state index < -0.39 is 16.1 Å². The molecule has 0 aromatic heterocycles. The highest BCUT2D eigenvalue weighted by atomic mass is 32.2. The van der Waals surface area contributed by atoms with E-state index in [1.807, 2.05) is 51.1 Å². The molecule has 2 aromatic rings. The van der Waals surface area contributed by atoms with Crippen molar-refractivity contribution in [3.8, 4) is 0 Å². The second-order valence-electron chi connectivity index (χ2n) is 8.53. The molecule has 0 unspecified atom stereocenters. The minimum atomic E-state index is -3.46. The Morgan fingerprint density at radius 3 is 2.09 bits per heavy atom. The molecule has 32 heavy (non-hydrogen) atoms. The van der Waals surface area contributed by atoms with E-state index in [4.69, 9.17) is 0 Å². The number of sulfonamides is 1. The molecule has 0 spiro atoms. The maximum absolute atomic E-state index is 13.2. The van der Waals surface area contributed by atoms with E-state index in [0.717, 1.165) is 11.1 Å². The second kappa shape index (κ2) is 10.3. The van der Waals surface area contributed by atoms with Gasteiger partial charge in [-0.2, -0.15) is 4.31 Å².